The number of hydrogen-bond acceptors (Lipinski definition) is 2. The maximum atomic E-state index is 4.54. The molecule has 0 radical (unpaired) electrons. The van der Waals surface area contributed by atoms with Crippen LogP contribution in [0.15, 0.2) is 40.3 Å². The largest absolute Gasteiger partial charge is 0.257 e. The van der Waals surface area contributed by atoms with Crippen LogP contribution in [0.3, 0.4) is 0 Å². The van der Waals surface area contributed by atoms with E-state index in [9.17, 15) is 0 Å². The number of fused-ring (bicyclic) bond motifs is 1. The van der Waals surface area contributed by atoms with E-state index in [4.69, 9.17) is 0 Å². The predicted octanol–water partition coefficient (Wildman–Crippen LogP) is 4.78. The molecule has 1 aromatic carbocycles. The third-order valence-corrected chi connectivity index (χ3v) is 5.09. The summed E-state index contributed by atoms with van der Waals surface area (Å²) in [5.74, 6) is 0. The Morgan fingerprint density at radius 3 is 2.94 bits per heavy atom. The molecule has 0 N–H and O–H groups in total. The van der Waals surface area contributed by atoms with Gasteiger partial charge in [-0.05, 0) is 43.0 Å². The van der Waals surface area contributed by atoms with Gasteiger partial charge in [0.15, 0.2) is 0 Å². The SMILES string of the molecule is Cc1cc2c(cnn2C(C)c2cccs2)cc1Br. The monoisotopic (exact) mass is 320 g/mol. The Morgan fingerprint density at radius 1 is 1.39 bits per heavy atom. The zero-order chi connectivity index (χ0) is 12.7. The van der Waals surface area contributed by atoms with Gasteiger partial charge in [-0.3, -0.25) is 4.68 Å². The van der Waals surface area contributed by atoms with Gasteiger partial charge < -0.3 is 0 Å². The van der Waals surface area contributed by atoms with E-state index in [1.807, 2.05) is 6.20 Å². The molecule has 2 aromatic heterocycles. The van der Waals surface area contributed by atoms with Crippen molar-refractivity contribution in [3.05, 3.63) is 50.8 Å². The minimum atomic E-state index is 0.281. The molecule has 18 heavy (non-hydrogen) atoms. The third-order valence-electron chi connectivity index (χ3n) is 3.20. The standard InChI is InChI=1S/C14H13BrN2S/c1-9-6-13-11(7-12(9)15)8-16-17(13)10(2)14-4-3-5-18-14/h3-8,10H,1-2H3. The molecular weight excluding hydrogens is 308 g/mol. The van der Waals surface area contributed by atoms with E-state index < -0.39 is 0 Å². The molecular formula is C14H13BrN2S. The van der Waals surface area contributed by atoms with Crippen molar-refractivity contribution in [2.45, 2.75) is 19.9 Å². The van der Waals surface area contributed by atoms with Gasteiger partial charge in [0.25, 0.3) is 0 Å². The molecule has 2 heterocycles. The maximum Gasteiger partial charge on any atom is 0.0839 e. The summed E-state index contributed by atoms with van der Waals surface area (Å²) in [5, 5.41) is 7.82. The van der Waals surface area contributed by atoms with E-state index in [1.54, 1.807) is 11.3 Å². The van der Waals surface area contributed by atoms with Crippen molar-refractivity contribution in [3.63, 3.8) is 0 Å². The minimum Gasteiger partial charge on any atom is -0.257 e. The van der Waals surface area contributed by atoms with E-state index in [2.05, 4.69) is 69.2 Å². The number of hydrogen-bond donors (Lipinski definition) is 0. The van der Waals surface area contributed by atoms with Crippen LogP contribution in [0.25, 0.3) is 10.9 Å². The van der Waals surface area contributed by atoms with Gasteiger partial charge in [-0.1, -0.05) is 22.0 Å². The number of thiophene rings is 1. The molecule has 1 unspecified atom stereocenters. The van der Waals surface area contributed by atoms with E-state index in [0.717, 1.165) is 4.47 Å². The highest BCUT2D eigenvalue weighted by Gasteiger charge is 2.13. The Balaban J connectivity index is 2.15. The lowest BCUT2D eigenvalue weighted by Gasteiger charge is -2.12. The van der Waals surface area contributed by atoms with Gasteiger partial charge in [-0.2, -0.15) is 5.10 Å². The molecule has 0 saturated carbocycles. The fourth-order valence-corrected chi connectivity index (χ4v) is 3.26. The zero-order valence-corrected chi connectivity index (χ0v) is 12.6. The molecule has 0 fully saturated rings. The van der Waals surface area contributed by atoms with E-state index in [1.165, 1.54) is 21.3 Å². The average Bonchev–Trinajstić information content (AvgIpc) is 2.98. The third kappa shape index (κ3) is 1.89. The van der Waals surface area contributed by atoms with Crippen LogP contribution in [0.1, 0.15) is 23.4 Å². The molecule has 0 aliphatic heterocycles. The van der Waals surface area contributed by atoms with Crippen molar-refractivity contribution in [1.82, 2.24) is 9.78 Å². The van der Waals surface area contributed by atoms with E-state index in [0.29, 0.717) is 0 Å². The smallest absolute Gasteiger partial charge is 0.0839 e. The van der Waals surface area contributed by atoms with Gasteiger partial charge >= 0.3 is 0 Å². The van der Waals surface area contributed by atoms with Gasteiger partial charge in [0.2, 0.25) is 0 Å². The Labute approximate surface area is 118 Å². The zero-order valence-electron chi connectivity index (χ0n) is 10.2. The number of aryl methyl sites for hydroxylation is 1. The van der Waals surface area contributed by atoms with Crippen LogP contribution < -0.4 is 0 Å². The van der Waals surface area contributed by atoms with Crippen LogP contribution in [0.4, 0.5) is 0 Å². The Bertz CT molecular complexity index is 685. The predicted molar refractivity (Wildman–Crippen MR) is 80.3 cm³/mol. The summed E-state index contributed by atoms with van der Waals surface area (Å²) in [6.07, 6.45) is 1.93. The highest BCUT2D eigenvalue weighted by atomic mass is 79.9. The quantitative estimate of drug-likeness (QED) is 0.664. The lowest BCUT2D eigenvalue weighted by molar-refractivity contribution is 0.593. The summed E-state index contributed by atoms with van der Waals surface area (Å²) in [4.78, 5) is 1.33. The van der Waals surface area contributed by atoms with Crippen LogP contribution in [-0.2, 0) is 0 Å². The molecule has 92 valence electrons. The lowest BCUT2D eigenvalue weighted by atomic mass is 10.2. The fourth-order valence-electron chi connectivity index (χ4n) is 2.13. The summed E-state index contributed by atoms with van der Waals surface area (Å²) in [5.41, 5.74) is 2.43. The Hall–Kier alpha value is -1.13. The molecule has 2 nitrogen and oxygen atoms in total. The Morgan fingerprint density at radius 2 is 2.22 bits per heavy atom. The lowest BCUT2D eigenvalue weighted by Crippen LogP contribution is -2.06. The number of nitrogens with zero attached hydrogens (tertiary/aromatic N) is 2. The number of benzene rings is 1. The summed E-state index contributed by atoms with van der Waals surface area (Å²) in [6.45, 7) is 4.30. The first-order chi connectivity index (χ1) is 8.66. The highest BCUT2D eigenvalue weighted by Crippen LogP contribution is 2.29. The maximum absolute atomic E-state index is 4.54. The summed E-state index contributed by atoms with van der Waals surface area (Å²) < 4.78 is 3.24. The molecule has 3 aromatic rings. The van der Waals surface area contributed by atoms with Gasteiger partial charge in [0.1, 0.15) is 0 Å². The second kappa shape index (κ2) is 4.52. The molecule has 0 aliphatic rings. The molecule has 0 saturated heterocycles. The molecule has 0 bridgehead atoms. The van der Waals surface area contributed by atoms with E-state index >= 15 is 0 Å². The van der Waals surface area contributed by atoms with Gasteiger partial charge in [0.05, 0.1) is 17.8 Å². The van der Waals surface area contributed by atoms with Crippen LogP contribution in [0.5, 0.6) is 0 Å². The van der Waals surface area contributed by atoms with Gasteiger partial charge in [0, 0.05) is 14.7 Å². The summed E-state index contributed by atoms with van der Waals surface area (Å²) in [6, 6.07) is 8.85. The fraction of sp³-hybridized carbons (Fsp3) is 0.214. The van der Waals surface area contributed by atoms with Crippen molar-refractivity contribution in [1.29, 1.82) is 0 Å². The molecule has 1 atom stereocenters. The van der Waals surface area contributed by atoms with Gasteiger partial charge in [-0.15, -0.1) is 11.3 Å². The second-order valence-corrected chi connectivity index (χ2v) is 6.27. The highest BCUT2D eigenvalue weighted by molar-refractivity contribution is 9.10. The van der Waals surface area contributed by atoms with E-state index in [-0.39, 0.29) is 6.04 Å². The Kier molecular flexibility index (Phi) is 2.99. The number of halogens is 1. The molecule has 0 amide bonds. The molecule has 0 aliphatic carbocycles. The van der Waals surface area contributed by atoms with Crippen LogP contribution >= 0.6 is 27.3 Å². The second-order valence-electron chi connectivity index (χ2n) is 4.44. The molecule has 4 heteroatoms. The summed E-state index contributed by atoms with van der Waals surface area (Å²) in [7, 11) is 0. The van der Waals surface area contributed by atoms with Crippen molar-refractivity contribution < 1.29 is 0 Å². The normalized spacial score (nSPS) is 13.1. The van der Waals surface area contributed by atoms with Crippen molar-refractivity contribution in [2.24, 2.45) is 0 Å². The average molecular weight is 321 g/mol. The topological polar surface area (TPSA) is 17.8 Å². The first-order valence-corrected chi connectivity index (χ1v) is 7.51. The first kappa shape index (κ1) is 11.9. The molecule has 0 spiro atoms. The van der Waals surface area contributed by atoms with Crippen molar-refractivity contribution >= 4 is 38.2 Å². The molecule has 3 rings (SSSR count). The van der Waals surface area contributed by atoms with Crippen molar-refractivity contribution in [2.75, 3.05) is 0 Å². The van der Waals surface area contributed by atoms with Gasteiger partial charge in [-0.25, -0.2) is 0 Å². The summed E-state index contributed by atoms with van der Waals surface area (Å²) >= 11 is 5.34. The van der Waals surface area contributed by atoms with Crippen LogP contribution in [0.2, 0.25) is 0 Å². The minimum absolute atomic E-state index is 0.281. The van der Waals surface area contributed by atoms with Crippen LogP contribution in [0, 0.1) is 6.92 Å². The first-order valence-electron chi connectivity index (χ1n) is 5.83. The van der Waals surface area contributed by atoms with Crippen molar-refractivity contribution in [3.8, 4) is 0 Å². The number of rotatable bonds is 2. The van der Waals surface area contributed by atoms with Crippen LogP contribution in [-0.4, -0.2) is 9.78 Å². The number of aromatic nitrogens is 2.